The maximum atomic E-state index is 5.47. The summed E-state index contributed by atoms with van der Waals surface area (Å²) in [5.74, 6) is 0. The van der Waals surface area contributed by atoms with Gasteiger partial charge in [-0.3, -0.25) is 0 Å². The summed E-state index contributed by atoms with van der Waals surface area (Å²) >= 11 is 1.61. The SMILES string of the molecule is Cc1cnc(SC(C)CN)nc1. The van der Waals surface area contributed by atoms with Crippen LogP contribution in [0.5, 0.6) is 0 Å². The van der Waals surface area contributed by atoms with E-state index in [-0.39, 0.29) is 0 Å². The monoisotopic (exact) mass is 183 g/mol. The molecule has 0 aliphatic heterocycles. The average molecular weight is 183 g/mol. The molecule has 1 atom stereocenters. The van der Waals surface area contributed by atoms with E-state index >= 15 is 0 Å². The molecule has 0 fully saturated rings. The third-order valence-corrected chi connectivity index (χ3v) is 2.41. The first kappa shape index (κ1) is 9.48. The summed E-state index contributed by atoms with van der Waals surface area (Å²) in [6, 6.07) is 0. The predicted octanol–water partition coefficient (Wildman–Crippen LogP) is 1.22. The van der Waals surface area contributed by atoms with Crippen LogP contribution in [0.25, 0.3) is 0 Å². The van der Waals surface area contributed by atoms with E-state index in [1.807, 2.05) is 19.3 Å². The van der Waals surface area contributed by atoms with E-state index in [0.29, 0.717) is 11.8 Å². The molecule has 2 N–H and O–H groups in total. The molecule has 0 saturated carbocycles. The summed E-state index contributed by atoms with van der Waals surface area (Å²) in [6.07, 6.45) is 3.64. The molecular formula is C8H13N3S. The van der Waals surface area contributed by atoms with Gasteiger partial charge in [-0.2, -0.15) is 0 Å². The summed E-state index contributed by atoms with van der Waals surface area (Å²) in [5.41, 5.74) is 6.56. The van der Waals surface area contributed by atoms with Crippen molar-refractivity contribution in [1.29, 1.82) is 0 Å². The molecule has 1 aromatic rings. The van der Waals surface area contributed by atoms with Crippen molar-refractivity contribution in [2.45, 2.75) is 24.3 Å². The Bertz CT molecular complexity index is 235. The van der Waals surface area contributed by atoms with Crippen molar-refractivity contribution in [3.8, 4) is 0 Å². The second-order valence-electron chi connectivity index (χ2n) is 2.71. The van der Waals surface area contributed by atoms with Crippen molar-refractivity contribution < 1.29 is 0 Å². The Labute approximate surface area is 76.8 Å². The van der Waals surface area contributed by atoms with Gasteiger partial charge in [0.25, 0.3) is 0 Å². The largest absolute Gasteiger partial charge is 0.329 e. The molecule has 0 radical (unpaired) electrons. The van der Waals surface area contributed by atoms with Gasteiger partial charge in [0.05, 0.1) is 0 Å². The van der Waals surface area contributed by atoms with Gasteiger partial charge < -0.3 is 5.73 Å². The van der Waals surface area contributed by atoms with Crippen molar-refractivity contribution in [2.24, 2.45) is 5.73 Å². The number of nitrogens with two attached hydrogens (primary N) is 1. The van der Waals surface area contributed by atoms with Gasteiger partial charge in [-0.05, 0) is 12.5 Å². The Balaban J connectivity index is 2.58. The smallest absolute Gasteiger partial charge is 0.187 e. The molecule has 0 amide bonds. The summed E-state index contributed by atoms with van der Waals surface area (Å²) in [7, 11) is 0. The van der Waals surface area contributed by atoms with E-state index < -0.39 is 0 Å². The molecule has 3 nitrogen and oxygen atoms in total. The highest BCUT2D eigenvalue weighted by Gasteiger charge is 2.03. The molecule has 0 bridgehead atoms. The van der Waals surface area contributed by atoms with E-state index in [4.69, 9.17) is 5.73 Å². The minimum atomic E-state index is 0.382. The maximum absolute atomic E-state index is 5.47. The van der Waals surface area contributed by atoms with Gasteiger partial charge in [-0.25, -0.2) is 9.97 Å². The number of rotatable bonds is 3. The Hall–Kier alpha value is -0.610. The normalized spacial score (nSPS) is 12.9. The minimum absolute atomic E-state index is 0.382. The first-order valence-corrected chi connectivity index (χ1v) is 4.75. The van der Waals surface area contributed by atoms with Crippen molar-refractivity contribution in [3.63, 3.8) is 0 Å². The van der Waals surface area contributed by atoms with Gasteiger partial charge >= 0.3 is 0 Å². The topological polar surface area (TPSA) is 51.8 Å². The number of nitrogens with zero attached hydrogens (tertiary/aromatic N) is 2. The molecule has 0 aliphatic carbocycles. The summed E-state index contributed by atoms with van der Waals surface area (Å²) < 4.78 is 0. The third-order valence-electron chi connectivity index (χ3n) is 1.40. The Morgan fingerprint density at radius 1 is 1.50 bits per heavy atom. The molecule has 66 valence electrons. The molecule has 0 saturated heterocycles. The van der Waals surface area contributed by atoms with Crippen LogP contribution in [0, 0.1) is 6.92 Å². The van der Waals surface area contributed by atoms with E-state index in [9.17, 15) is 0 Å². The Kier molecular flexibility index (Phi) is 3.49. The molecule has 0 spiro atoms. The van der Waals surface area contributed by atoms with Crippen molar-refractivity contribution in [1.82, 2.24) is 9.97 Å². The highest BCUT2D eigenvalue weighted by molar-refractivity contribution is 7.99. The Morgan fingerprint density at radius 2 is 2.08 bits per heavy atom. The molecule has 0 aliphatic rings. The zero-order valence-electron chi connectivity index (χ0n) is 7.32. The number of aryl methyl sites for hydroxylation is 1. The van der Waals surface area contributed by atoms with Crippen molar-refractivity contribution in [2.75, 3.05) is 6.54 Å². The van der Waals surface area contributed by atoms with Crippen LogP contribution in [0.15, 0.2) is 17.6 Å². The molecule has 1 aromatic heterocycles. The molecule has 1 heterocycles. The van der Waals surface area contributed by atoms with Gasteiger partial charge in [0.15, 0.2) is 5.16 Å². The van der Waals surface area contributed by atoms with Crippen molar-refractivity contribution in [3.05, 3.63) is 18.0 Å². The zero-order valence-corrected chi connectivity index (χ0v) is 8.14. The molecule has 12 heavy (non-hydrogen) atoms. The maximum Gasteiger partial charge on any atom is 0.187 e. The fourth-order valence-corrected chi connectivity index (χ4v) is 1.35. The predicted molar refractivity (Wildman–Crippen MR) is 51.1 cm³/mol. The first-order chi connectivity index (χ1) is 5.72. The van der Waals surface area contributed by atoms with Crippen LogP contribution < -0.4 is 5.73 Å². The van der Waals surface area contributed by atoms with Gasteiger partial charge in [0, 0.05) is 24.2 Å². The lowest BCUT2D eigenvalue weighted by Crippen LogP contribution is -2.12. The van der Waals surface area contributed by atoms with Crippen LogP contribution in [-0.2, 0) is 0 Å². The lowest BCUT2D eigenvalue weighted by molar-refractivity contribution is 0.909. The quantitative estimate of drug-likeness (QED) is 0.565. The Morgan fingerprint density at radius 3 is 2.58 bits per heavy atom. The molecule has 1 unspecified atom stereocenters. The summed E-state index contributed by atoms with van der Waals surface area (Å²) in [6.45, 7) is 4.69. The van der Waals surface area contributed by atoms with Crippen LogP contribution in [-0.4, -0.2) is 21.8 Å². The zero-order chi connectivity index (χ0) is 8.97. The van der Waals surface area contributed by atoms with E-state index in [0.717, 1.165) is 10.7 Å². The molecular weight excluding hydrogens is 170 g/mol. The van der Waals surface area contributed by atoms with E-state index in [1.165, 1.54) is 0 Å². The average Bonchev–Trinajstić information content (AvgIpc) is 2.09. The second-order valence-corrected chi connectivity index (χ2v) is 4.11. The first-order valence-electron chi connectivity index (χ1n) is 3.87. The van der Waals surface area contributed by atoms with Crippen LogP contribution >= 0.6 is 11.8 Å². The van der Waals surface area contributed by atoms with Crippen molar-refractivity contribution >= 4 is 11.8 Å². The minimum Gasteiger partial charge on any atom is -0.329 e. The third kappa shape index (κ3) is 2.79. The highest BCUT2D eigenvalue weighted by Crippen LogP contribution is 2.17. The lowest BCUT2D eigenvalue weighted by atomic mass is 10.4. The molecule has 0 aromatic carbocycles. The van der Waals surface area contributed by atoms with E-state index in [1.54, 1.807) is 11.8 Å². The molecule has 1 rings (SSSR count). The van der Waals surface area contributed by atoms with E-state index in [2.05, 4.69) is 16.9 Å². The summed E-state index contributed by atoms with van der Waals surface area (Å²) in [5, 5.41) is 1.19. The van der Waals surface area contributed by atoms with Gasteiger partial charge in [0.1, 0.15) is 0 Å². The van der Waals surface area contributed by atoms with Crippen LogP contribution in [0.1, 0.15) is 12.5 Å². The standard InChI is InChI=1S/C8H13N3S/c1-6-4-10-8(11-5-6)12-7(2)3-9/h4-5,7H,3,9H2,1-2H3. The van der Waals surface area contributed by atoms with Gasteiger partial charge in [-0.15, -0.1) is 0 Å². The fraction of sp³-hybridized carbons (Fsp3) is 0.500. The van der Waals surface area contributed by atoms with Gasteiger partial charge in [0.2, 0.25) is 0 Å². The second kappa shape index (κ2) is 4.42. The molecule has 4 heteroatoms. The van der Waals surface area contributed by atoms with Crippen LogP contribution in [0.4, 0.5) is 0 Å². The summed E-state index contributed by atoms with van der Waals surface area (Å²) in [4.78, 5) is 8.32. The number of aromatic nitrogens is 2. The number of hydrogen-bond donors (Lipinski definition) is 1. The van der Waals surface area contributed by atoms with Gasteiger partial charge in [-0.1, -0.05) is 18.7 Å². The number of hydrogen-bond acceptors (Lipinski definition) is 4. The lowest BCUT2D eigenvalue weighted by Gasteiger charge is -2.05. The fourth-order valence-electron chi connectivity index (χ4n) is 0.670. The number of thioether (sulfide) groups is 1. The van der Waals surface area contributed by atoms with Crippen LogP contribution in [0.2, 0.25) is 0 Å². The highest BCUT2D eigenvalue weighted by atomic mass is 32.2. The van der Waals surface area contributed by atoms with Crippen LogP contribution in [0.3, 0.4) is 0 Å².